The third-order valence-corrected chi connectivity index (χ3v) is 4.57. The van der Waals surface area contributed by atoms with Crippen molar-refractivity contribution in [1.29, 1.82) is 0 Å². The lowest BCUT2D eigenvalue weighted by molar-refractivity contribution is -0.124. The van der Waals surface area contributed by atoms with E-state index >= 15 is 0 Å². The maximum Gasteiger partial charge on any atom is 0.237 e. The smallest absolute Gasteiger partial charge is 0.237 e. The van der Waals surface area contributed by atoms with Gasteiger partial charge in [-0.25, -0.2) is 0 Å². The molecular weight excluding hydrogens is 268 g/mol. The fourth-order valence-corrected chi connectivity index (χ4v) is 2.99. The Labute approximate surface area is 116 Å². The monoisotopic (exact) mass is 288 g/mol. The van der Waals surface area contributed by atoms with E-state index in [1.165, 1.54) is 0 Å². The average Bonchev–Trinajstić information content (AvgIpc) is 2.73. The molecule has 0 aliphatic rings. The molecule has 0 saturated heterocycles. The molecule has 1 N–H and O–H groups in total. The van der Waals surface area contributed by atoms with Crippen LogP contribution in [0.15, 0.2) is 4.34 Å². The van der Waals surface area contributed by atoms with Gasteiger partial charge in [0.25, 0.3) is 0 Å². The van der Waals surface area contributed by atoms with Gasteiger partial charge in [-0.15, -0.1) is 10.2 Å². The SMILES string of the molecule is Cc1nnc(SCCCNC(=O)C(C)N(C)C)s1. The number of nitrogens with zero attached hydrogens (tertiary/aromatic N) is 3. The normalized spacial score (nSPS) is 12.7. The number of thioether (sulfide) groups is 1. The third-order valence-electron chi connectivity index (χ3n) is 2.51. The van der Waals surface area contributed by atoms with Crippen LogP contribution in [0.25, 0.3) is 0 Å². The van der Waals surface area contributed by atoms with E-state index < -0.39 is 0 Å². The molecule has 0 aromatic carbocycles. The van der Waals surface area contributed by atoms with Gasteiger partial charge in [0, 0.05) is 12.3 Å². The van der Waals surface area contributed by atoms with Crippen LogP contribution in [-0.4, -0.2) is 53.4 Å². The molecule has 102 valence electrons. The lowest BCUT2D eigenvalue weighted by atomic mass is 10.3. The van der Waals surface area contributed by atoms with Crippen LogP contribution in [0.4, 0.5) is 0 Å². The van der Waals surface area contributed by atoms with Crippen LogP contribution < -0.4 is 5.32 Å². The molecule has 1 unspecified atom stereocenters. The Morgan fingerprint density at radius 2 is 2.22 bits per heavy atom. The second-order valence-corrected chi connectivity index (χ2v) is 6.74. The van der Waals surface area contributed by atoms with Gasteiger partial charge in [-0.05, 0) is 34.4 Å². The van der Waals surface area contributed by atoms with Gasteiger partial charge in [0.15, 0.2) is 4.34 Å². The number of amides is 1. The third kappa shape index (κ3) is 5.32. The number of hydrogen-bond donors (Lipinski definition) is 1. The molecule has 1 amide bonds. The molecule has 1 aromatic heterocycles. The Bertz CT molecular complexity index is 381. The summed E-state index contributed by atoms with van der Waals surface area (Å²) in [5, 5.41) is 11.9. The number of aromatic nitrogens is 2. The Morgan fingerprint density at radius 1 is 1.50 bits per heavy atom. The molecule has 1 aromatic rings. The minimum Gasteiger partial charge on any atom is -0.355 e. The maximum absolute atomic E-state index is 11.6. The van der Waals surface area contributed by atoms with Crippen molar-refractivity contribution in [3.05, 3.63) is 5.01 Å². The summed E-state index contributed by atoms with van der Waals surface area (Å²) in [6.45, 7) is 4.56. The zero-order chi connectivity index (χ0) is 13.5. The first-order valence-corrected chi connectivity index (χ1v) is 7.68. The second-order valence-electron chi connectivity index (χ2n) is 4.22. The number of carbonyl (C=O) groups excluding carboxylic acids is 1. The van der Waals surface area contributed by atoms with Crippen LogP contribution in [0.1, 0.15) is 18.4 Å². The van der Waals surface area contributed by atoms with Crippen LogP contribution >= 0.6 is 23.1 Å². The van der Waals surface area contributed by atoms with Crippen LogP contribution in [-0.2, 0) is 4.79 Å². The lowest BCUT2D eigenvalue weighted by Crippen LogP contribution is -2.41. The van der Waals surface area contributed by atoms with Crippen LogP contribution in [0.5, 0.6) is 0 Å². The molecule has 0 aliphatic carbocycles. The van der Waals surface area contributed by atoms with Gasteiger partial charge in [0.1, 0.15) is 5.01 Å². The summed E-state index contributed by atoms with van der Waals surface area (Å²) in [7, 11) is 3.80. The van der Waals surface area contributed by atoms with E-state index in [1.54, 1.807) is 23.1 Å². The predicted octanol–water partition coefficient (Wildman–Crippen LogP) is 1.40. The number of nitrogens with one attached hydrogen (secondary N) is 1. The van der Waals surface area contributed by atoms with Gasteiger partial charge < -0.3 is 5.32 Å². The number of hydrogen-bond acceptors (Lipinski definition) is 6. The van der Waals surface area contributed by atoms with Crippen molar-refractivity contribution in [3.8, 4) is 0 Å². The molecular formula is C11H20N4OS2. The van der Waals surface area contributed by atoms with Crippen LogP contribution in [0.2, 0.25) is 0 Å². The highest BCUT2D eigenvalue weighted by atomic mass is 32.2. The Hall–Kier alpha value is -0.660. The van der Waals surface area contributed by atoms with Crippen molar-refractivity contribution in [2.24, 2.45) is 0 Å². The van der Waals surface area contributed by atoms with E-state index in [1.807, 2.05) is 32.8 Å². The van der Waals surface area contributed by atoms with Crippen molar-refractivity contribution in [3.63, 3.8) is 0 Å². The van der Waals surface area contributed by atoms with Crippen LogP contribution in [0, 0.1) is 6.92 Å². The standard InChI is InChI=1S/C11H20N4OS2/c1-8(15(3)4)10(16)12-6-5-7-17-11-14-13-9(2)18-11/h8H,5-7H2,1-4H3,(H,12,16). The van der Waals surface area contributed by atoms with Gasteiger partial charge in [0.2, 0.25) is 5.91 Å². The highest BCUT2D eigenvalue weighted by molar-refractivity contribution is 8.01. The Morgan fingerprint density at radius 3 is 2.78 bits per heavy atom. The Balaban J connectivity index is 2.10. The first-order valence-electron chi connectivity index (χ1n) is 5.87. The molecule has 18 heavy (non-hydrogen) atoms. The van der Waals surface area contributed by atoms with Crippen molar-refractivity contribution < 1.29 is 4.79 Å². The summed E-state index contributed by atoms with van der Waals surface area (Å²) in [6.07, 6.45) is 0.940. The topological polar surface area (TPSA) is 58.1 Å². The number of aryl methyl sites for hydroxylation is 1. The molecule has 1 atom stereocenters. The molecule has 0 aliphatic heterocycles. The molecule has 1 rings (SSSR count). The van der Waals surface area contributed by atoms with Gasteiger partial charge in [-0.1, -0.05) is 23.1 Å². The highest BCUT2D eigenvalue weighted by Crippen LogP contribution is 2.21. The quantitative estimate of drug-likeness (QED) is 0.607. The second kappa shape index (κ2) is 7.70. The van der Waals surface area contributed by atoms with Gasteiger partial charge >= 0.3 is 0 Å². The molecule has 0 radical (unpaired) electrons. The molecule has 7 heteroatoms. The Kier molecular flexibility index (Phi) is 6.59. The largest absolute Gasteiger partial charge is 0.355 e. The summed E-state index contributed by atoms with van der Waals surface area (Å²) in [5.74, 6) is 1.03. The van der Waals surface area contributed by atoms with Gasteiger partial charge in [0.05, 0.1) is 6.04 Å². The summed E-state index contributed by atoms with van der Waals surface area (Å²) in [5.41, 5.74) is 0. The molecule has 0 fully saturated rings. The van der Waals surface area contributed by atoms with Crippen molar-refractivity contribution in [2.75, 3.05) is 26.4 Å². The van der Waals surface area contributed by atoms with E-state index in [-0.39, 0.29) is 11.9 Å². The van der Waals surface area contributed by atoms with Crippen LogP contribution in [0.3, 0.4) is 0 Å². The zero-order valence-corrected chi connectivity index (χ0v) is 12.9. The summed E-state index contributed by atoms with van der Waals surface area (Å²) < 4.78 is 1.00. The van der Waals surface area contributed by atoms with E-state index in [4.69, 9.17) is 0 Å². The fourth-order valence-electron chi connectivity index (χ4n) is 1.16. The minimum atomic E-state index is -0.0801. The lowest BCUT2D eigenvalue weighted by Gasteiger charge is -2.18. The van der Waals surface area contributed by atoms with Gasteiger partial charge in [-0.2, -0.15) is 0 Å². The first-order chi connectivity index (χ1) is 8.50. The maximum atomic E-state index is 11.6. The molecule has 1 heterocycles. The molecule has 0 bridgehead atoms. The van der Waals surface area contributed by atoms with Gasteiger partial charge in [-0.3, -0.25) is 9.69 Å². The molecule has 0 spiro atoms. The predicted molar refractivity (Wildman–Crippen MR) is 76.1 cm³/mol. The zero-order valence-electron chi connectivity index (χ0n) is 11.3. The number of likely N-dealkylation sites (N-methyl/N-ethyl adjacent to an activating group) is 1. The van der Waals surface area contributed by atoms with Crippen molar-refractivity contribution >= 4 is 29.0 Å². The molecule has 0 saturated carbocycles. The highest BCUT2D eigenvalue weighted by Gasteiger charge is 2.13. The number of carbonyl (C=O) groups is 1. The summed E-state index contributed by atoms with van der Waals surface area (Å²) in [4.78, 5) is 13.5. The first kappa shape index (κ1) is 15.4. The fraction of sp³-hybridized carbons (Fsp3) is 0.727. The van der Waals surface area contributed by atoms with Crippen molar-refractivity contribution in [2.45, 2.75) is 30.6 Å². The minimum absolute atomic E-state index is 0.0801. The van der Waals surface area contributed by atoms with E-state index in [9.17, 15) is 4.79 Å². The van der Waals surface area contributed by atoms with E-state index in [2.05, 4.69) is 15.5 Å². The van der Waals surface area contributed by atoms with E-state index in [0.717, 1.165) is 21.5 Å². The molecule has 5 nitrogen and oxygen atoms in total. The van der Waals surface area contributed by atoms with Crippen molar-refractivity contribution in [1.82, 2.24) is 20.4 Å². The summed E-state index contributed by atoms with van der Waals surface area (Å²) >= 11 is 3.30. The summed E-state index contributed by atoms with van der Waals surface area (Å²) in [6, 6.07) is -0.0801. The average molecular weight is 288 g/mol. The number of rotatable bonds is 7. The van der Waals surface area contributed by atoms with E-state index in [0.29, 0.717) is 6.54 Å².